The van der Waals surface area contributed by atoms with Crippen LogP contribution >= 0.6 is 15.9 Å². The standard InChI is InChI=1S/C21H20BrN3O2/c22-16-8-9-19-18(10-16)21(27)25(13-24-19)12-20(26)23-11-15-6-3-5-14-4-1-2-7-17(14)15/h1-2,4,7-10,13,15H,3,5-6,11-12H2,(H,23,26). The van der Waals surface area contributed by atoms with Gasteiger partial charge in [-0.05, 0) is 48.6 Å². The summed E-state index contributed by atoms with van der Waals surface area (Å²) in [5.41, 5.74) is 3.13. The first-order valence-corrected chi connectivity index (χ1v) is 9.90. The van der Waals surface area contributed by atoms with Gasteiger partial charge in [0.05, 0.1) is 17.2 Å². The van der Waals surface area contributed by atoms with Gasteiger partial charge < -0.3 is 5.32 Å². The second-order valence-electron chi connectivity index (χ2n) is 6.93. The molecule has 0 fully saturated rings. The molecule has 0 aliphatic heterocycles. The van der Waals surface area contributed by atoms with Crippen molar-refractivity contribution in [1.29, 1.82) is 0 Å². The Bertz CT molecular complexity index is 1060. The molecule has 1 unspecified atom stereocenters. The Morgan fingerprint density at radius 2 is 2.11 bits per heavy atom. The van der Waals surface area contributed by atoms with Crippen molar-refractivity contribution in [1.82, 2.24) is 14.9 Å². The molecule has 27 heavy (non-hydrogen) atoms. The quantitative estimate of drug-likeness (QED) is 0.696. The van der Waals surface area contributed by atoms with Crippen molar-refractivity contribution in [3.63, 3.8) is 0 Å². The van der Waals surface area contributed by atoms with Gasteiger partial charge >= 0.3 is 0 Å². The molecule has 0 radical (unpaired) electrons. The van der Waals surface area contributed by atoms with Crippen LogP contribution in [0.5, 0.6) is 0 Å². The highest BCUT2D eigenvalue weighted by Gasteiger charge is 2.20. The van der Waals surface area contributed by atoms with Gasteiger partial charge in [0.1, 0.15) is 6.54 Å². The predicted molar refractivity (Wildman–Crippen MR) is 109 cm³/mol. The van der Waals surface area contributed by atoms with Crippen molar-refractivity contribution in [3.8, 4) is 0 Å². The third kappa shape index (κ3) is 3.81. The van der Waals surface area contributed by atoms with E-state index in [1.807, 2.05) is 6.07 Å². The summed E-state index contributed by atoms with van der Waals surface area (Å²) in [6.45, 7) is 0.569. The van der Waals surface area contributed by atoms with Gasteiger partial charge in [-0.2, -0.15) is 0 Å². The van der Waals surface area contributed by atoms with E-state index in [9.17, 15) is 9.59 Å². The van der Waals surface area contributed by atoms with E-state index < -0.39 is 0 Å². The van der Waals surface area contributed by atoms with Crippen LogP contribution in [-0.2, 0) is 17.8 Å². The molecule has 1 N–H and O–H groups in total. The molecule has 1 heterocycles. The van der Waals surface area contributed by atoms with Crippen LogP contribution in [0.2, 0.25) is 0 Å². The normalized spacial score (nSPS) is 16.1. The fraction of sp³-hybridized carbons (Fsp3) is 0.286. The number of nitrogens with one attached hydrogen (secondary N) is 1. The van der Waals surface area contributed by atoms with E-state index in [2.05, 4.69) is 50.5 Å². The largest absolute Gasteiger partial charge is 0.354 e. The maximum Gasteiger partial charge on any atom is 0.261 e. The first-order valence-electron chi connectivity index (χ1n) is 9.11. The Hall–Kier alpha value is -2.47. The number of aryl methyl sites for hydroxylation is 1. The summed E-state index contributed by atoms with van der Waals surface area (Å²) >= 11 is 3.37. The van der Waals surface area contributed by atoms with Crippen molar-refractivity contribution in [2.75, 3.05) is 6.54 Å². The monoisotopic (exact) mass is 425 g/mol. The molecule has 0 bridgehead atoms. The van der Waals surface area contributed by atoms with Gasteiger partial charge in [-0.15, -0.1) is 0 Å². The Morgan fingerprint density at radius 1 is 1.26 bits per heavy atom. The third-order valence-electron chi connectivity index (χ3n) is 5.14. The summed E-state index contributed by atoms with van der Waals surface area (Å²) in [6.07, 6.45) is 4.76. The first-order chi connectivity index (χ1) is 13.1. The van der Waals surface area contributed by atoms with Gasteiger partial charge in [0.25, 0.3) is 5.56 Å². The molecule has 6 heteroatoms. The maximum atomic E-state index is 12.6. The number of fused-ring (bicyclic) bond motifs is 2. The second-order valence-corrected chi connectivity index (χ2v) is 7.85. The van der Waals surface area contributed by atoms with E-state index >= 15 is 0 Å². The molecule has 3 aromatic rings. The first kappa shape index (κ1) is 17.9. The lowest BCUT2D eigenvalue weighted by Crippen LogP contribution is -2.35. The molecule has 0 saturated heterocycles. The van der Waals surface area contributed by atoms with Gasteiger partial charge in [-0.25, -0.2) is 4.98 Å². The summed E-state index contributed by atoms with van der Waals surface area (Å²) in [6, 6.07) is 13.8. The SMILES string of the molecule is O=C(Cn1cnc2ccc(Br)cc2c1=O)NCC1CCCc2ccccc21. The summed E-state index contributed by atoms with van der Waals surface area (Å²) < 4.78 is 2.17. The van der Waals surface area contributed by atoms with E-state index in [-0.39, 0.29) is 18.0 Å². The topological polar surface area (TPSA) is 64.0 Å². The number of hydrogen-bond donors (Lipinski definition) is 1. The third-order valence-corrected chi connectivity index (χ3v) is 5.63. The molecule has 4 rings (SSSR count). The molecule has 2 aromatic carbocycles. The molecule has 1 aliphatic carbocycles. The predicted octanol–water partition coefficient (Wildman–Crippen LogP) is 3.40. The Kier molecular flexibility index (Phi) is 5.07. The number of aromatic nitrogens is 2. The lowest BCUT2D eigenvalue weighted by Gasteiger charge is -2.25. The molecular formula is C21H20BrN3O2. The van der Waals surface area contributed by atoms with Crippen LogP contribution in [0.3, 0.4) is 0 Å². The number of nitrogens with zero attached hydrogens (tertiary/aromatic N) is 2. The van der Waals surface area contributed by atoms with E-state index in [0.29, 0.717) is 23.4 Å². The minimum absolute atomic E-state index is 0.0251. The Labute approximate surface area is 165 Å². The van der Waals surface area contributed by atoms with Crippen LogP contribution in [0.15, 0.2) is 58.1 Å². The minimum atomic E-state index is -0.209. The summed E-state index contributed by atoms with van der Waals surface area (Å²) in [7, 11) is 0. The molecule has 0 saturated carbocycles. The van der Waals surface area contributed by atoms with Crippen molar-refractivity contribution in [3.05, 3.63) is 74.7 Å². The van der Waals surface area contributed by atoms with Gasteiger partial charge in [0, 0.05) is 16.9 Å². The summed E-state index contributed by atoms with van der Waals surface area (Å²) in [5.74, 6) is 0.164. The molecule has 1 amide bonds. The van der Waals surface area contributed by atoms with Crippen molar-refractivity contribution < 1.29 is 4.79 Å². The van der Waals surface area contributed by atoms with Crippen molar-refractivity contribution in [2.24, 2.45) is 0 Å². The van der Waals surface area contributed by atoms with Crippen LogP contribution in [0, 0.1) is 0 Å². The number of halogens is 1. The molecule has 138 valence electrons. The highest BCUT2D eigenvalue weighted by atomic mass is 79.9. The summed E-state index contributed by atoms with van der Waals surface area (Å²) in [4.78, 5) is 29.3. The van der Waals surface area contributed by atoms with E-state index in [0.717, 1.165) is 23.7 Å². The van der Waals surface area contributed by atoms with E-state index in [4.69, 9.17) is 0 Å². The summed E-state index contributed by atoms with van der Waals surface area (Å²) in [5, 5.41) is 3.49. The Morgan fingerprint density at radius 3 is 3.00 bits per heavy atom. The molecule has 1 aromatic heterocycles. The molecule has 1 aliphatic rings. The van der Waals surface area contributed by atoms with Crippen molar-refractivity contribution in [2.45, 2.75) is 31.7 Å². The van der Waals surface area contributed by atoms with E-state index in [1.54, 1.807) is 12.1 Å². The van der Waals surface area contributed by atoms with Crippen LogP contribution in [-0.4, -0.2) is 22.0 Å². The number of amides is 1. The number of carbonyl (C=O) groups is 1. The van der Waals surface area contributed by atoms with Crippen LogP contribution in [0.25, 0.3) is 10.9 Å². The molecule has 0 spiro atoms. The number of hydrogen-bond acceptors (Lipinski definition) is 3. The molecular weight excluding hydrogens is 406 g/mol. The maximum absolute atomic E-state index is 12.6. The fourth-order valence-corrected chi connectivity index (χ4v) is 4.12. The van der Waals surface area contributed by atoms with Gasteiger partial charge in [-0.3, -0.25) is 14.2 Å². The van der Waals surface area contributed by atoms with Crippen LogP contribution in [0.4, 0.5) is 0 Å². The highest BCUT2D eigenvalue weighted by molar-refractivity contribution is 9.10. The van der Waals surface area contributed by atoms with E-state index in [1.165, 1.54) is 22.0 Å². The zero-order valence-electron chi connectivity index (χ0n) is 14.8. The Balaban J connectivity index is 1.46. The van der Waals surface area contributed by atoms with Crippen LogP contribution in [0.1, 0.15) is 29.9 Å². The number of carbonyl (C=O) groups excluding carboxylic acids is 1. The fourth-order valence-electron chi connectivity index (χ4n) is 3.76. The average Bonchev–Trinajstić information content (AvgIpc) is 2.69. The number of rotatable bonds is 4. The molecule has 5 nitrogen and oxygen atoms in total. The zero-order chi connectivity index (χ0) is 18.8. The number of benzene rings is 2. The lowest BCUT2D eigenvalue weighted by atomic mass is 9.83. The van der Waals surface area contributed by atoms with Crippen molar-refractivity contribution >= 4 is 32.7 Å². The lowest BCUT2D eigenvalue weighted by molar-refractivity contribution is -0.121. The minimum Gasteiger partial charge on any atom is -0.354 e. The van der Waals surface area contributed by atoms with Gasteiger partial charge in [-0.1, -0.05) is 40.2 Å². The molecule has 1 atom stereocenters. The highest BCUT2D eigenvalue weighted by Crippen LogP contribution is 2.30. The van der Waals surface area contributed by atoms with Gasteiger partial charge in [0.2, 0.25) is 5.91 Å². The van der Waals surface area contributed by atoms with Gasteiger partial charge in [0.15, 0.2) is 0 Å². The smallest absolute Gasteiger partial charge is 0.261 e. The average molecular weight is 426 g/mol. The van der Waals surface area contributed by atoms with Crippen LogP contribution < -0.4 is 10.9 Å². The second kappa shape index (κ2) is 7.64. The zero-order valence-corrected chi connectivity index (χ0v) is 16.4.